The largest absolute Gasteiger partial charge is 0.497 e. The van der Waals surface area contributed by atoms with Crippen LogP contribution in [0, 0.1) is 0 Å². The van der Waals surface area contributed by atoms with Gasteiger partial charge < -0.3 is 4.74 Å². The molecule has 0 bridgehead atoms. The first-order valence-corrected chi connectivity index (χ1v) is 4.93. The van der Waals surface area contributed by atoms with E-state index >= 15 is 0 Å². The van der Waals surface area contributed by atoms with Crippen LogP contribution in [-0.4, -0.2) is 13.7 Å². The summed E-state index contributed by atoms with van der Waals surface area (Å²) >= 11 is 0. The number of nitrogens with one attached hydrogen (secondary N) is 1. The van der Waals surface area contributed by atoms with E-state index in [4.69, 9.17) is 10.6 Å². The molecule has 0 unspecified atom stereocenters. The number of hydrogen-bond acceptors (Lipinski definition) is 3. The summed E-state index contributed by atoms with van der Waals surface area (Å²) in [7, 11) is 1.68. The number of hydrogen-bond donors (Lipinski definition) is 2. The van der Waals surface area contributed by atoms with Gasteiger partial charge in [0, 0.05) is 6.54 Å². The molecule has 0 aliphatic heterocycles. The Kier molecular flexibility index (Phi) is 5.04. The standard InChI is InChI=1S/C11H18N2O/c1-14-11-7-5-10(6-8-11)4-2-3-9-13-12/h5-8,13H,2-4,9,12H2,1H3. The molecular formula is C11H18N2O. The molecule has 0 amide bonds. The number of benzene rings is 1. The molecule has 0 saturated carbocycles. The molecule has 1 aromatic rings. The van der Waals surface area contributed by atoms with Gasteiger partial charge in [0.25, 0.3) is 0 Å². The number of aryl methyl sites for hydroxylation is 1. The Morgan fingerprint density at radius 3 is 2.50 bits per heavy atom. The molecule has 0 radical (unpaired) electrons. The van der Waals surface area contributed by atoms with Crippen molar-refractivity contribution >= 4 is 0 Å². The normalized spacial score (nSPS) is 10.1. The van der Waals surface area contributed by atoms with E-state index in [0.29, 0.717) is 0 Å². The van der Waals surface area contributed by atoms with E-state index in [0.717, 1.165) is 31.6 Å². The number of methoxy groups -OCH3 is 1. The Hall–Kier alpha value is -1.06. The molecule has 0 aromatic heterocycles. The fraction of sp³-hybridized carbons (Fsp3) is 0.455. The third-order valence-corrected chi connectivity index (χ3v) is 2.20. The van der Waals surface area contributed by atoms with Crippen LogP contribution >= 0.6 is 0 Å². The monoisotopic (exact) mass is 194 g/mol. The highest BCUT2D eigenvalue weighted by molar-refractivity contribution is 5.27. The zero-order valence-corrected chi connectivity index (χ0v) is 8.62. The second kappa shape index (κ2) is 6.40. The van der Waals surface area contributed by atoms with Crippen LogP contribution in [0.15, 0.2) is 24.3 Å². The number of nitrogens with two attached hydrogens (primary N) is 1. The lowest BCUT2D eigenvalue weighted by atomic mass is 10.1. The van der Waals surface area contributed by atoms with Crippen LogP contribution in [0.2, 0.25) is 0 Å². The molecular weight excluding hydrogens is 176 g/mol. The van der Waals surface area contributed by atoms with E-state index in [1.165, 1.54) is 5.56 Å². The van der Waals surface area contributed by atoms with E-state index in [9.17, 15) is 0 Å². The van der Waals surface area contributed by atoms with Crippen LogP contribution in [0.25, 0.3) is 0 Å². The maximum atomic E-state index is 5.18. The third kappa shape index (κ3) is 3.77. The van der Waals surface area contributed by atoms with Gasteiger partial charge in [0.1, 0.15) is 5.75 Å². The molecule has 1 aromatic carbocycles. The van der Waals surface area contributed by atoms with Crippen molar-refractivity contribution in [2.75, 3.05) is 13.7 Å². The van der Waals surface area contributed by atoms with Crippen LogP contribution in [-0.2, 0) is 6.42 Å². The first-order valence-electron chi connectivity index (χ1n) is 4.93. The SMILES string of the molecule is COc1ccc(CCCCNN)cc1. The van der Waals surface area contributed by atoms with E-state index < -0.39 is 0 Å². The van der Waals surface area contributed by atoms with Gasteiger partial charge in [0.2, 0.25) is 0 Å². The van der Waals surface area contributed by atoms with Gasteiger partial charge in [-0.15, -0.1) is 0 Å². The van der Waals surface area contributed by atoms with Crippen molar-refractivity contribution in [1.82, 2.24) is 5.43 Å². The van der Waals surface area contributed by atoms with Crippen molar-refractivity contribution < 1.29 is 4.74 Å². The Labute approximate surface area is 85.2 Å². The van der Waals surface area contributed by atoms with Crippen LogP contribution in [0.1, 0.15) is 18.4 Å². The smallest absolute Gasteiger partial charge is 0.118 e. The first kappa shape index (κ1) is 11.0. The van der Waals surface area contributed by atoms with Crippen molar-refractivity contribution in [2.45, 2.75) is 19.3 Å². The number of ether oxygens (including phenoxy) is 1. The second-order valence-electron chi connectivity index (χ2n) is 3.26. The Bertz CT molecular complexity index is 246. The lowest BCUT2D eigenvalue weighted by Gasteiger charge is -2.03. The summed E-state index contributed by atoms with van der Waals surface area (Å²) in [6.07, 6.45) is 3.38. The molecule has 3 heteroatoms. The van der Waals surface area contributed by atoms with E-state index in [1.54, 1.807) is 7.11 Å². The molecule has 0 heterocycles. The summed E-state index contributed by atoms with van der Waals surface area (Å²) in [5.41, 5.74) is 4.00. The summed E-state index contributed by atoms with van der Waals surface area (Å²) in [6.45, 7) is 0.885. The van der Waals surface area contributed by atoms with Crippen molar-refractivity contribution in [3.63, 3.8) is 0 Å². The molecule has 1 rings (SSSR count). The van der Waals surface area contributed by atoms with Gasteiger partial charge in [-0.05, 0) is 37.0 Å². The zero-order valence-electron chi connectivity index (χ0n) is 8.62. The summed E-state index contributed by atoms with van der Waals surface area (Å²) in [5.74, 6) is 6.09. The minimum Gasteiger partial charge on any atom is -0.497 e. The van der Waals surface area contributed by atoms with Crippen LogP contribution in [0.3, 0.4) is 0 Å². The molecule has 0 fully saturated rings. The average Bonchev–Trinajstić information content (AvgIpc) is 2.25. The lowest BCUT2D eigenvalue weighted by molar-refractivity contribution is 0.414. The number of hydrazine groups is 1. The molecule has 78 valence electrons. The molecule has 3 nitrogen and oxygen atoms in total. The highest BCUT2D eigenvalue weighted by atomic mass is 16.5. The van der Waals surface area contributed by atoms with Crippen molar-refractivity contribution in [2.24, 2.45) is 5.84 Å². The molecule has 0 aliphatic rings. The maximum absolute atomic E-state index is 5.18. The third-order valence-electron chi connectivity index (χ3n) is 2.20. The highest BCUT2D eigenvalue weighted by Crippen LogP contribution is 2.12. The zero-order chi connectivity index (χ0) is 10.2. The molecule has 3 N–H and O–H groups in total. The van der Waals surface area contributed by atoms with Crippen LogP contribution in [0.5, 0.6) is 5.75 Å². The lowest BCUT2D eigenvalue weighted by Crippen LogP contribution is -2.22. The summed E-state index contributed by atoms with van der Waals surface area (Å²) in [5, 5.41) is 0. The Morgan fingerprint density at radius 1 is 1.21 bits per heavy atom. The van der Waals surface area contributed by atoms with Gasteiger partial charge >= 0.3 is 0 Å². The topological polar surface area (TPSA) is 47.3 Å². The van der Waals surface area contributed by atoms with Gasteiger partial charge in [-0.25, -0.2) is 0 Å². The first-order chi connectivity index (χ1) is 6.86. The maximum Gasteiger partial charge on any atom is 0.118 e. The summed E-state index contributed by atoms with van der Waals surface area (Å²) < 4.78 is 5.09. The molecule has 14 heavy (non-hydrogen) atoms. The van der Waals surface area contributed by atoms with Gasteiger partial charge in [-0.3, -0.25) is 11.3 Å². The molecule has 0 saturated heterocycles. The second-order valence-corrected chi connectivity index (χ2v) is 3.26. The quantitative estimate of drug-likeness (QED) is 0.409. The minimum absolute atomic E-state index is 0.885. The van der Waals surface area contributed by atoms with E-state index in [2.05, 4.69) is 17.6 Å². The van der Waals surface area contributed by atoms with Gasteiger partial charge in [0.05, 0.1) is 7.11 Å². The predicted molar refractivity (Wildman–Crippen MR) is 58.1 cm³/mol. The average molecular weight is 194 g/mol. The van der Waals surface area contributed by atoms with Crippen molar-refractivity contribution in [3.05, 3.63) is 29.8 Å². The van der Waals surface area contributed by atoms with Crippen LogP contribution < -0.4 is 16.0 Å². The van der Waals surface area contributed by atoms with Gasteiger partial charge in [-0.2, -0.15) is 0 Å². The molecule has 0 aliphatic carbocycles. The Balaban J connectivity index is 2.29. The highest BCUT2D eigenvalue weighted by Gasteiger charge is 1.94. The summed E-state index contributed by atoms with van der Waals surface area (Å²) in [6, 6.07) is 8.20. The van der Waals surface area contributed by atoms with Gasteiger partial charge in [0.15, 0.2) is 0 Å². The fourth-order valence-electron chi connectivity index (χ4n) is 1.35. The molecule has 0 spiro atoms. The van der Waals surface area contributed by atoms with Crippen molar-refractivity contribution in [3.8, 4) is 5.75 Å². The molecule has 0 atom stereocenters. The van der Waals surface area contributed by atoms with Crippen LogP contribution in [0.4, 0.5) is 0 Å². The Morgan fingerprint density at radius 2 is 1.93 bits per heavy atom. The fourth-order valence-corrected chi connectivity index (χ4v) is 1.35. The number of unbranched alkanes of at least 4 members (excludes halogenated alkanes) is 1. The van der Waals surface area contributed by atoms with E-state index in [-0.39, 0.29) is 0 Å². The predicted octanol–water partition coefficient (Wildman–Crippen LogP) is 1.48. The summed E-state index contributed by atoms with van der Waals surface area (Å²) in [4.78, 5) is 0. The minimum atomic E-state index is 0.885. The number of rotatable bonds is 6. The van der Waals surface area contributed by atoms with Gasteiger partial charge in [-0.1, -0.05) is 12.1 Å². The van der Waals surface area contributed by atoms with E-state index in [1.807, 2.05) is 12.1 Å². The van der Waals surface area contributed by atoms with Crippen molar-refractivity contribution in [1.29, 1.82) is 0 Å².